The van der Waals surface area contributed by atoms with E-state index in [1.54, 1.807) is 7.05 Å². The van der Waals surface area contributed by atoms with Crippen LogP contribution >= 0.6 is 0 Å². The van der Waals surface area contributed by atoms with E-state index in [0.29, 0.717) is 18.2 Å². The van der Waals surface area contributed by atoms with Crippen LogP contribution in [-0.2, 0) is 6.42 Å². The van der Waals surface area contributed by atoms with Gasteiger partial charge in [0.25, 0.3) is 5.91 Å². The molecule has 3 N–H and O–H groups in total. The highest BCUT2D eigenvalue weighted by atomic mass is 16.1. The highest BCUT2D eigenvalue weighted by Gasteiger charge is 2.19. The second-order valence-electron chi connectivity index (χ2n) is 7.44. The van der Waals surface area contributed by atoms with Gasteiger partial charge in [-0.15, -0.1) is 0 Å². The van der Waals surface area contributed by atoms with Gasteiger partial charge in [0.05, 0.1) is 0 Å². The average Bonchev–Trinajstić information content (AvgIpc) is 2.69. The van der Waals surface area contributed by atoms with Crippen LogP contribution in [-0.4, -0.2) is 62.6 Å². The van der Waals surface area contributed by atoms with Crippen LogP contribution in [0.15, 0.2) is 41.4 Å². The predicted molar refractivity (Wildman–Crippen MR) is 117 cm³/mol. The van der Waals surface area contributed by atoms with Crippen molar-refractivity contribution in [2.45, 2.75) is 39.2 Å². The van der Waals surface area contributed by atoms with E-state index in [4.69, 9.17) is 4.99 Å². The number of likely N-dealkylation sites (tertiary alicyclic amines) is 1. The summed E-state index contributed by atoms with van der Waals surface area (Å²) in [6, 6.07) is 8.19. The molecule has 1 aliphatic heterocycles. The largest absolute Gasteiger partial charge is 0.357 e. The molecule has 1 aliphatic rings. The molecule has 2 rings (SSSR count). The van der Waals surface area contributed by atoms with Crippen LogP contribution in [0.4, 0.5) is 0 Å². The number of benzene rings is 1. The van der Waals surface area contributed by atoms with Crippen molar-refractivity contribution in [2.75, 3.05) is 39.8 Å². The number of aliphatic imine (C=N–C) groups is 1. The fraction of sp³-hybridized carbons (Fsp3) is 0.545. The first-order valence-corrected chi connectivity index (χ1v) is 10.2. The van der Waals surface area contributed by atoms with Crippen molar-refractivity contribution in [3.63, 3.8) is 0 Å². The van der Waals surface area contributed by atoms with Crippen LogP contribution in [0, 0.1) is 0 Å². The molecule has 6 nitrogen and oxygen atoms in total. The first-order chi connectivity index (χ1) is 13.5. The first-order valence-electron chi connectivity index (χ1n) is 10.2. The quantitative estimate of drug-likeness (QED) is 0.364. The van der Waals surface area contributed by atoms with E-state index < -0.39 is 0 Å². The summed E-state index contributed by atoms with van der Waals surface area (Å²) in [5.41, 5.74) is 3.03. The summed E-state index contributed by atoms with van der Waals surface area (Å²) < 4.78 is 0. The predicted octanol–water partition coefficient (Wildman–Crippen LogP) is 2.18. The molecule has 1 fully saturated rings. The lowest BCUT2D eigenvalue weighted by Gasteiger charge is -2.33. The molecule has 154 valence electrons. The van der Waals surface area contributed by atoms with Gasteiger partial charge in [0.1, 0.15) is 0 Å². The molecule has 1 aromatic carbocycles. The number of hydrogen-bond acceptors (Lipinski definition) is 3. The Morgan fingerprint density at radius 3 is 2.71 bits per heavy atom. The van der Waals surface area contributed by atoms with Gasteiger partial charge in [-0.05, 0) is 50.8 Å². The molecule has 28 heavy (non-hydrogen) atoms. The molecular weight excluding hydrogens is 350 g/mol. The lowest BCUT2D eigenvalue weighted by molar-refractivity contribution is 0.0963. The molecule has 1 aromatic rings. The molecule has 0 bridgehead atoms. The standard InChI is InChI=1S/C22H35N5O/c1-5-24-22(26-20-10-13-27(14-11-20)16-17(2)3)25-12-9-18-7-6-8-19(15-18)21(28)23-4/h6-8,15,20H,2,5,9-14,16H2,1,3-4H3,(H,23,28)(H2,24,25,26). The molecule has 6 heteroatoms. The zero-order valence-electron chi connectivity index (χ0n) is 17.6. The number of nitrogens with one attached hydrogen (secondary N) is 3. The molecule has 0 atom stereocenters. The van der Waals surface area contributed by atoms with Gasteiger partial charge in [-0.1, -0.05) is 24.3 Å². The van der Waals surface area contributed by atoms with Gasteiger partial charge in [-0.2, -0.15) is 0 Å². The zero-order valence-corrected chi connectivity index (χ0v) is 17.6. The Balaban J connectivity index is 1.85. The van der Waals surface area contributed by atoms with Crippen LogP contribution in [0.3, 0.4) is 0 Å². The molecule has 0 saturated carbocycles. The van der Waals surface area contributed by atoms with Crippen LogP contribution < -0.4 is 16.0 Å². The van der Waals surface area contributed by atoms with Crippen LogP contribution in [0.5, 0.6) is 0 Å². The van der Waals surface area contributed by atoms with Gasteiger partial charge in [-0.25, -0.2) is 0 Å². The summed E-state index contributed by atoms with van der Waals surface area (Å²) in [6.45, 7) is 12.9. The Labute approximate surface area is 169 Å². The van der Waals surface area contributed by atoms with E-state index >= 15 is 0 Å². The number of carbonyl (C=O) groups is 1. The number of rotatable bonds is 8. The molecule has 1 heterocycles. The van der Waals surface area contributed by atoms with Crippen molar-refractivity contribution in [2.24, 2.45) is 4.99 Å². The third-order valence-electron chi connectivity index (χ3n) is 4.85. The lowest BCUT2D eigenvalue weighted by Crippen LogP contribution is -2.48. The second-order valence-corrected chi connectivity index (χ2v) is 7.44. The normalized spacial score (nSPS) is 15.9. The number of amides is 1. The van der Waals surface area contributed by atoms with Crippen molar-refractivity contribution >= 4 is 11.9 Å². The topological polar surface area (TPSA) is 68.8 Å². The number of hydrogen-bond donors (Lipinski definition) is 3. The molecular formula is C22H35N5O. The van der Waals surface area contributed by atoms with Gasteiger partial charge < -0.3 is 16.0 Å². The lowest BCUT2D eigenvalue weighted by atomic mass is 10.0. The van der Waals surface area contributed by atoms with Crippen molar-refractivity contribution in [1.29, 1.82) is 0 Å². The SMILES string of the molecule is C=C(C)CN1CCC(NC(=NCCc2cccc(C(=O)NC)c2)NCC)CC1. The van der Waals surface area contributed by atoms with Crippen LogP contribution in [0.25, 0.3) is 0 Å². The third kappa shape index (κ3) is 7.35. The molecule has 1 amide bonds. The van der Waals surface area contributed by atoms with Gasteiger partial charge in [0.15, 0.2) is 5.96 Å². The minimum atomic E-state index is -0.0571. The molecule has 1 saturated heterocycles. The number of piperidine rings is 1. The maximum atomic E-state index is 11.8. The van der Waals surface area contributed by atoms with Crippen LogP contribution in [0.1, 0.15) is 42.6 Å². The molecule has 0 aromatic heterocycles. The average molecular weight is 386 g/mol. The summed E-state index contributed by atoms with van der Waals surface area (Å²) >= 11 is 0. The van der Waals surface area contributed by atoms with Gasteiger partial charge in [0.2, 0.25) is 0 Å². The Morgan fingerprint density at radius 1 is 1.32 bits per heavy atom. The Hall–Kier alpha value is -2.34. The Bertz CT molecular complexity index is 677. The summed E-state index contributed by atoms with van der Waals surface area (Å²) in [7, 11) is 1.65. The molecule has 0 radical (unpaired) electrons. The Kier molecular flexibility index (Phi) is 9.01. The van der Waals surface area contributed by atoms with E-state index in [-0.39, 0.29) is 5.91 Å². The minimum absolute atomic E-state index is 0.0571. The van der Waals surface area contributed by atoms with Crippen molar-refractivity contribution in [3.05, 3.63) is 47.5 Å². The summed E-state index contributed by atoms with van der Waals surface area (Å²) in [6.07, 6.45) is 3.04. The fourth-order valence-electron chi connectivity index (χ4n) is 3.44. The number of carbonyl (C=O) groups excluding carboxylic acids is 1. The maximum Gasteiger partial charge on any atom is 0.251 e. The van der Waals surface area contributed by atoms with Gasteiger partial charge in [0, 0.05) is 51.4 Å². The zero-order chi connectivity index (χ0) is 20.4. The second kappa shape index (κ2) is 11.5. The molecule has 0 aliphatic carbocycles. The monoisotopic (exact) mass is 385 g/mol. The van der Waals surface area contributed by atoms with Gasteiger partial charge >= 0.3 is 0 Å². The van der Waals surface area contributed by atoms with E-state index in [0.717, 1.165) is 57.0 Å². The van der Waals surface area contributed by atoms with E-state index in [1.165, 1.54) is 5.57 Å². The smallest absolute Gasteiger partial charge is 0.251 e. The van der Waals surface area contributed by atoms with Crippen molar-refractivity contribution < 1.29 is 4.79 Å². The van der Waals surface area contributed by atoms with Crippen molar-refractivity contribution in [1.82, 2.24) is 20.9 Å². The number of nitrogens with zero attached hydrogens (tertiary/aromatic N) is 2. The van der Waals surface area contributed by atoms with Gasteiger partial charge in [-0.3, -0.25) is 14.7 Å². The Morgan fingerprint density at radius 2 is 2.07 bits per heavy atom. The van der Waals surface area contributed by atoms with E-state index in [2.05, 4.69) is 41.3 Å². The third-order valence-corrected chi connectivity index (χ3v) is 4.85. The highest BCUT2D eigenvalue weighted by molar-refractivity contribution is 5.94. The number of guanidine groups is 1. The first kappa shape index (κ1) is 22.0. The van der Waals surface area contributed by atoms with Crippen molar-refractivity contribution in [3.8, 4) is 0 Å². The minimum Gasteiger partial charge on any atom is -0.357 e. The van der Waals surface area contributed by atoms with E-state index in [9.17, 15) is 4.79 Å². The van der Waals surface area contributed by atoms with E-state index in [1.807, 2.05) is 24.3 Å². The molecule has 0 unspecified atom stereocenters. The summed E-state index contributed by atoms with van der Waals surface area (Å²) in [4.78, 5) is 19.0. The summed E-state index contributed by atoms with van der Waals surface area (Å²) in [5, 5.41) is 9.59. The molecule has 0 spiro atoms. The summed E-state index contributed by atoms with van der Waals surface area (Å²) in [5.74, 6) is 0.821. The van der Waals surface area contributed by atoms with Crippen LogP contribution in [0.2, 0.25) is 0 Å². The fourth-order valence-corrected chi connectivity index (χ4v) is 3.44. The highest BCUT2D eigenvalue weighted by Crippen LogP contribution is 2.11. The maximum absolute atomic E-state index is 11.8.